The lowest BCUT2D eigenvalue weighted by molar-refractivity contribution is 0.159. The molecule has 0 saturated heterocycles. The summed E-state index contributed by atoms with van der Waals surface area (Å²) >= 11 is 0. The van der Waals surface area contributed by atoms with Gasteiger partial charge in [-0.15, -0.1) is 0 Å². The van der Waals surface area contributed by atoms with Crippen LogP contribution in [-0.4, -0.2) is 10.1 Å². The van der Waals surface area contributed by atoms with Crippen molar-refractivity contribution < 1.29 is 9.50 Å². The highest BCUT2D eigenvalue weighted by molar-refractivity contribution is 5.84. The Labute approximate surface area is 145 Å². The van der Waals surface area contributed by atoms with Gasteiger partial charge < -0.3 is 10.1 Å². The van der Waals surface area contributed by atoms with Crippen LogP contribution in [0.4, 0.5) is 4.39 Å². The Balaban J connectivity index is 1.88. The number of nitrogens with one attached hydrogen (secondary N) is 1. The van der Waals surface area contributed by atoms with Crippen LogP contribution in [-0.2, 0) is 0 Å². The van der Waals surface area contributed by atoms with Gasteiger partial charge in [-0.05, 0) is 34.9 Å². The van der Waals surface area contributed by atoms with Gasteiger partial charge in [0, 0.05) is 23.0 Å². The highest BCUT2D eigenvalue weighted by atomic mass is 19.1. The molecule has 2 N–H and O–H groups in total. The summed E-state index contributed by atoms with van der Waals surface area (Å²) in [6.45, 7) is 0. The Morgan fingerprint density at radius 1 is 0.800 bits per heavy atom. The summed E-state index contributed by atoms with van der Waals surface area (Å²) < 4.78 is 13.5. The van der Waals surface area contributed by atoms with E-state index in [2.05, 4.69) is 4.98 Å². The van der Waals surface area contributed by atoms with Crippen molar-refractivity contribution >= 4 is 10.9 Å². The van der Waals surface area contributed by atoms with Crippen LogP contribution in [0.25, 0.3) is 10.9 Å². The van der Waals surface area contributed by atoms with Crippen molar-refractivity contribution in [1.82, 2.24) is 4.98 Å². The molecule has 0 radical (unpaired) electrons. The fraction of sp³-hybridized carbons (Fsp3) is 0.0909. The van der Waals surface area contributed by atoms with Crippen LogP contribution >= 0.6 is 0 Å². The van der Waals surface area contributed by atoms with E-state index in [-0.39, 0.29) is 11.7 Å². The smallest absolute Gasteiger partial charge is 0.125 e. The number of aliphatic hydroxyl groups excluding tert-OH is 1. The van der Waals surface area contributed by atoms with E-state index in [1.807, 2.05) is 66.9 Å². The highest BCUT2D eigenvalue weighted by Crippen LogP contribution is 2.39. The summed E-state index contributed by atoms with van der Waals surface area (Å²) in [4.78, 5) is 3.13. The Kier molecular flexibility index (Phi) is 4.08. The molecular formula is C22H18FNO. The van der Waals surface area contributed by atoms with E-state index in [9.17, 15) is 9.50 Å². The first kappa shape index (κ1) is 15.6. The second kappa shape index (κ2) is 6.54. The van der Waals surface area contributed by atoms with E-state index >= 15 is 0 Å². The predicted molar refractivity (Wildman–Crippen MR) is 97.9 cm³/mol. The number of aromatic nitrogens is 1. The van der Waals surface area contributed by atoms with Crippen LogP contribution < -0.4 is 0 Å². The molecule has 0 amide bonds. The number of hydrogen-bond donors (Lipinski definition) is 2. The molecule has 0 aliphatic heterocycles. The zero-order valence-electron chi connectivity index (χ0n) is 13.6. The molecule has 0 saturated carbocycles. The van der Waals surface area contributed by atoms with Crippen LogP contribution in [0.1, 0.15) is 28.7 Å². The van der Waals surface area contributed by atoms with Crippen LogP contribution in [0.5, 0.6) is 0 Å². The van der Waals surface area contributed by atoms with Crippen molar-refractivity contribution in [3.8, 4) is 0 Å². The largest absolute Gasteiger partial charge is 0.387 e. The fourth-order valence-corrected chi connectivity index (χ4v) is 3.41. The molecular weight excluding hydrogens is 313 g/mol. The van der Waals surface area contributed by atoms with E-state index in [0.717, 1.165) is 27.6 Å². The summed E-state index contributed by atoms with van der Waals surface area (Å²) in [6.07, 6.45) is 1.17. The van der Waals surface area contributed by atoms with E-state index in [0.29, 0.717) is 0 Å². The van der Waals surface area contributed by atoms with Gasteiger partial charge in [0.05, 0.1) is 6.10 Å². The molecule has 0 aliphatic rings. The maximum Gasteiger partial charge on any atom is 0.125 e. The molecule has 4 rings (SSSR count). The lowest BCUT2D eigenvalue weighted by Crippen LogP contribution is -2.12. The topological polar surface area (TPSA) is 36.0 Å². The lowest BCUT2D eigenvalue weighted by Gasteiger charge is -2.24. The molecule has 2 nitrogen and oxygen atoms in total. The first-order valence-corrected chi connectivity index (χ1v) is 8.28. The zero-order valence-corrected chi connectivity index (χ0v) is 13.6. The number of halogens is 1. The SMILES string of the molecule is O[C@@H](c1ccccc1)[C@H](c1ccccc1)c1c[nH]c2cc(F)ccc12. The van der Waals surface area contributed by atoms with Gasteiger partial charge in [-0.2, -0.15) is 0 Å². The van der Waals surface area contributed by atoms with Gasteiger partial charge in [-0.25, -0.2) is 4.39 Å². The third kappa shape index (κ3) is 2.94. The second-order valence-electron chi connectivity index (χ2n) is 6.18. The Hall–Kier alpha value is -2.91. The third-order valence-corrected chi connectivity index (χ3v) is 4.63. The van der Waals surface area contributed by atoms with Crippen LogP contribution in [0.2, 0.25) is 0 Å². The summed E-state index contributed by atoms with van der Waals surface area (Å²) in [5.74, 6) is -0.524. The number of rotatable bonds is 4. The normalized spacial score (nSPS) is 13.7. The minimum Gasteiger partial charge on any atom is -0.387 e. The lowest BCUT2D eigenvalue weighted by atomic mass is 9.83. The minimum absolute atomic E-state index is 0.247. The summed E-state index contributed by atoms with van der Waals surface area (Å²) in [5, 5.41) is 12.1. The Morgan fingerprint density at radius 3 is 2.12 bits per heavy atom. The molecule has 4 aromatic rings. The van der Waals surface area contributed by atoms with Gasteiger partial charge in [0.25, 0.3) is 0 Å². The first-order valence-electron chi connectivity index (χ1n) is 8.28. The van der Waals surface area contributed by atoms with Crippen molar-refractivity contribution in [2.24, 2.45) is 0 Å². The maximum absolute atomic E-state index is 13.5. The third-order valence-electron chi connectivity index (χ3n) is 4.63. The second-order valence-corrected chi connectivity index (χ2v) is 6.18. The van der Waals surface area contributed by atoms with Gasteiger partial charge in [-0.3, -0.25) is 0 Å². The molecule has 25 heavy (non-hydrogen) atoms. The number of aromatic amines is 1. The molecule has 3 aromatic carbocycles. The minimum atomic E-state index is -0.701. The van der Waals surface area contributed by atoms with Crippen LogP contribution in [0, 0.1) is 5.82 Å². The van der Waals surface area contributed by atoms with Crippen LogP contribution in [0.3, 0.4) is 0 Å². The zero-order chi connectivity index (χ0) is 17.2. The highest BCUT2D eigenvalue weighted by Gasteiger charge is 2.26. The number of benzene rings is 3. The number of aliphatic hydroxyl groups is 1. The van der Waals surface area contributed by atoms with E-state index in [4.69, 9.17) is 0 Å². The van der Waals surface area contributed by atoms with Gasteiger partial charge in [-0.1, -0.05) is 60.7 Å². The van der Waals surface area contributed by atoms with Crippen molar-refractivity contribution in [2.75, 3.05) is 0 Å². The Morgan fingerprint density at radius 2 is 1.44 bits per heavy atom. The molecule has 2 atom stereocenters. The molecule has 0 bridgehead atoms. The van der Waals surface area contributed by atoms with Crippen molar-refractivity contribution in [3.63, 3.8) is 0 Å². The number of H-pyrrole nitrogens is 1. The van der Waals surface area contributed by atoms with Gasteiger partial charge >= 0.3 is 0 Å². The first-order chi connectivity index (χ1) is 12.2. The molecule has 124 valence electrons. The molecule has 0 spiro atoms. The maximum atomic E-state index is 13.5. The molecule has 1 heterocycles. The van der Waals surface area contributed by atoms with Crippen molar-refractivity contribution in [1.29, 1.82) is 0 Å². The van der Waals surface area contributed by atoms with Crippen molar-refractivity contribution in [3.05, 3.63) is 108 Å². The van der Waals surface area contributed by atoms with E-state index < -0.39 is 6.10 Å². The average Bonchev–Trinajstić information content (AvgIpc) is 3.06. The fourth-order valence-electron chi connectivity index (χ4n) is 3.41. The molecule has 3 heteroatoms. The quantitative estimate of drug-likeness (QED) is 0.531. The number of fused-ring (bicyclic) bond motifs is 1. The van der Waals surface area contributed by atoms with Gasteiger partial charge in [0.1, 0.15) is 5.82 Å². The summed E-state index contributed by atoms with van der Waals surface area (Å²) in [6, 6.07) is 24.3. The van der Waals surface area contributed by atoms with Gasteiger partial charge in [0.15, 0.2) is 0 Å². The summed E-state index contributed by atoms with van der Waals surface area (Å²) in [5.41, 5.74) is 3.56. The summed E-state index contributed by atoms with van der Waals surface area (Å²) in [7, 11) is 0. The predicted octanol–water partition coefficient (Wildman–Crippen LogP) is 5.17. The monoisotopic (exact) mass is 331 g/mol. The molecule has 0 fully saturated rings. The van der Waals surface area contributed by atoms with Gasteiger partial charge in [0.2, 0.25) is 0 Å². The number of hydrogen-bond acceptors (Lipinski definition) is 1. The van der Waals surface area contributed by atoms with Crippen molar-refractivity contribution in [2.45, 2.75) is 12.0 Å². The van der Waals surface area contributed by atoms with Crippen LogP contribution in [0.15, 0.2) is 85.1 Å². The molecule has 1 aromatic heterocycles. The molecule has 0 aliphatic carbocycles. The van der Waals surface area contributed by atoms with E-state index in [1.165, 1.54) is 12.1 Å². The Bertz CT molecular complexity index is 979. The van der Waals surface area contributed by atoms with E-state index in [1.54, 1.807) is 6.07 Å². The average molecular weight is 331 g/mol. The molecule has 0 unspecified atom stereocenters. The standard InChI is InChI=1S/C22H18FNO/c23-17-11-12-18-19(14-24-20(18)13-17)21(15-7-3-1-4-8-15)22(25)16-9-5-2-6-10-16/h1-14,21-22,24-25H/t21-,22+/m1/s1.